The van der Waals surface area contributed by atoms with E-state index in [-0.39, 0.29) is 23.4 Å². The molecule has 1 unspecified atom stereocenters. The smallest absolute Gasteiger partial charge is 0.291 e. The molecular formula is C24H28N4O2. The molecule has 156 valence electrons. The highest BCUT2D eigenvalue weighted by atomic mass is 16.2. The zero-order chi connectivity index (χ0) is 20.9. The molecule has 6 nitrogen and oxygen atoms in total. The summed E-state index contributed by atoms with van der Waals surface area (Å²) >= 11 is 0. The van der Waals surface area contributed by atoms with Crippen LogP contribution in [0.3, 0.4) is 0 Å². The van der Waals surface area contributed by atoms with Crippen LogP contribution in [-0.4, -0.2) is 35.0 Å². The van der Waals surface area contributed by atoms with Gasteiger partial charge in [0.1, 0.15) is 0 Å². The molecular weight excluding hydrogens is 376 g/mol. The van der Waals surface area contributed by atoms with Gasteiger partial charge in [0.2, 0.25) is 5.91 Å². The highest BCUT2D eigenvalue weighted by Crippen LogP contribution is 2.21. The maximum atomic E-state index is 12.7. The van der Waals surface area contributed by atoms with Gasteiger partial charge in [-0.2, -0.15) is 0 Å². The third-order valence-electron chi connectivity index (χ3n) is 5.84. The van der Waals surface area contributed by atoms with E-state index in [2.05, 4.69) is 34.3 Å². The lowest BCUT2D eigenvalue weighted by atomic mass is 9.95. The first-order valence-corrected chi connectivity index (χ1v) is 10.7. The summed E-state index contributed by atoms with van der Waals surface area (Å²) in [6, 6.07) is 18.0. The van der Waals surface area contributed by atoms with Crippen molar-refractivity contribution in [2.24, 2.45) is 5.92 Å². The number of hydrogen-bond donors (Lipinski definition) is 2. The normalized spacial score (nSPS) is 15.8. The van der Waals surface area contributed by atoms with Gasteiger partial charge in [-0.3, -0.25) is 9.59 Å². The monoisotopic (exact) mass is 404 g/mol. The van der Waals surface area contributed by atoms with Crippen molar-refractivity contribution < 1.29 is 4.79 Å². The van der Waals surface area contributed by atoms with Crippen molar-refractivity contribution in [3.8, 4) is 0 Å². The number of rotatable bonds is 6. The van der Waals surface area contributed by atoms with Gasteiger partial charge in [0.15, 0.2) is 5.82 Å². The number of carbonyl (C=O) groups is 1. The number of H-pyrrole nitrogens is 1. The number of nitrogens with zero attached hydrogens (tertiary/aromatic N) is 2. The SMILES string of the molecule is CC(CCc1ccccc1)NC(=O)C1CCN(c2nc3ccccc3[nH]c2=O)CC1. The summed E-state index contributed by atoms with van der Waals surface area (Å²) < 4.78 is 0. The van der Waals surface area contributed by atoms with E-state index in [4.69, 9.17) is 0 Å². The van der Waals surface area contributed by atoms with Crippen molar-refractivity contribution in [3.63, 3.8) is 0 Å². The predicted octanol–water partition coefficient (Wildman–Crippen LogP) is 3.28. The van der Waals surface area contributed by atoms with Gasteiger partial charge in [-0.1, -0.05) is 42.5 Å². The highest BCUT2D eigenvalue weighted by molar-refractivity contribution is 5.79. The molecule has 1 aliphatic heterocycles. The molecule has 2 heterocycles. The van der Waals surface area contributed by atoms with Crippen molar-refractivity contribution in [1.29, 1.82) is 0 Å². The van der Waals surface area contributed by atoms with E-state index in [1.54, 1.807) is 0 Å². The maximum Gasteiger partial charge on any atom is 0.291 e. The summed E-state index contributed by atoms with van der Waals surface area (Å²) in [4.78, 5) is 34.6. The molecule has 2 aromatic carbocycles. The molecule has 1 atom stereocenters. The number of fused-ring (bicyclic) bond motifs is 1. The fourth-order valence-corrected chi connectivity index (χ4v) is 4.05. The molecule has 1 aromatic heterocycles. The number of aromatic nitrogens is 2. The molecule has 3 aromatic rings. The molecule has 0 radical (unpaired) electrons. The van der Waals surface area contributed by atoms with Crippen molar-refractivity contribution in [3.05, 3.63) is 70.5 Å². The molecule has 2 N–H and O–H groups in total. The Balaban J connectivity index is 1.30. The Morgan fingerprint density at radius 3 is 2.60 bits per heavy atom. The molecule has 30 heavy (non-hydrogen) atoms. The summed E-state index contributed by atoms with van der Waals surface area (Å²) in [5.41, 5.74) is 2.63. The van der Waals surface area contributed by atoms with Crippen molar-refractivity contribution in [2.45, 2.75) is 38.6 Å². The Kier molecular flexibility index (Phi) is 6.12. The lowest BCUT2D eigenvalue weighted by Gasteiger charge is -2.32. The molecule has 6 heteroatoms. The van der Waals surface area contributed by atoms with Gasteiger partial charge in [0.25, 0.3) is 5.56 Å². The fraction of sp³-hybridized carbons (Fsp3) is 0.375. The Morgan fingerprint density at radius 2 is 1.83 bits per heavy atom. The first-order chi connectivity index (χ1) is 14.6. The van der Waals surface area contributed by atoms with Crippen LogP contribution in [0.2, 0.25) is 0 Å². The van der Waals surface area contributed by atoms with Crippen LogP contribution in [0.1, 0.15) is 31.7 Å². The number of para-hydroxylation sites is 2. The Morgan fingerprint density at radius 1 is 1.13 bits per heavy atom. The van der Waals surface area contributed by atoms with Gasteiger partial charge >= 0.3 is 0 Å². The van der Waals surface area contributed by atoms with Crippen LogP contribution < -0.4 is 15.8 Å². The first kappa shape index (κ1) is 20.1. The second-order valence-electron chi connectivity index (χ2n) is 8.10. The largest absolute Gasteiger partial charge is 0.353 e. The van der Waals surface area contributed by atoms with Crippen molar-refractivity contribution >= 4 is 22.8 Å². The second-order valence-corrected chi connectivity index (χ2v) is 8.10. The fourth-order valence-electron chi connectivity index (χ4n) is 4.05. The van der Waals surface area contributed by atoms with Crippen LogP contribution in [0.25, 0.3) is 11.0 Å². The molecule has 1 saturated heterocycles. The number of nitrogens with one attached hydrogen (secondary N) is 2. The number of hydrogen-bond acceptors (Lipinski definition) is 4. The Hall–Kier alpha value is -3.15. The minimum atomic E-state index is -0.175. The molecule has 0 spiro atoms. The summed E-state index contributed by atoms with van der Waals surface area (Å²) in [5.74, 6) is 0.555. The third kappa shape index (κ3) is 4.70. The molecule has 0 bridgehead atoms. The summed E-state index contributed by atoms with van der Waals surface area (Å²) in [5, 5.41) is 3.17. The van der Waals surface area contributed by atoms with E-state index in [1.807, 2.05) is 47.4 Å². The summed E-state index contributed by atoms with van der Waals surface area (Å²) in [6.45, 7) is 3.38. The lowest BCUT2D eigenvalue weighted by molar-refractivity contribution is -0.126. The molecule has 0 aliphatic carbocycles. The van der Waals surface area contributed by atoms with E-state index < -0.39 is 0 Å². The predicted molar refractivity (Wildman–Crippen MR) is 120 cm³/mol. The van der Waals surface area contributed by atoms with E-state index in [0.717, 1.165) is 36.7 Å². The van der Waals surface area contributed by atoms with E-state index in [9.17, 15) is 9.59 Å². The molecule has 1 aliphatic rings. The third-order valence-corrected chi connectivity index (χ3v) is 5.84. The maximum absolute atomic E-state index is 12.7. The van der Waals surface area contributed by atoms with Crippen LogP contribution in [0.5, 0.6) is 0 Å². The highest BCUT2D eigenvalue weighted by Gasteiger charge is 2.27. The number of carbonyl (C=O) groups excluding carboxylic acids is 1. The topological polar surface area (TPSA) is 78.1 Å². The van der Waals surface area contributed by atoms with Crippen molar-refractivity contribution in [1.82, 2.24) is 15.3 Å². The summed E-state index contributed by atoms with van der Waals surface area (Å²) in [6.07, 6.45) is 3.33. The average molecular weight is 405 g/mol. The molecule has 1 fully saturated rings. The van der Waals surface area contributed by atoms with Gasteiger partial charge < -0.3 is 15.2 Å². The zero-order valence-electron chi connectivity index (χ0n) is 17.3. The quantitative estimate of drug-likeness (QED) is 0.661. The number of benzene rings is 2. The van der Waals surface area contributed by atoms with Crippen molar-refractivity contribution in [2.75, 3.05) is 18.0 Å². The van der Waals surface area contributed by atoms with Gasteiger partial charge in [-0.05, 0) is 50.3 Å². The second kappa shape index (κ2) is 9.11. The van der Waals surface area contributed by atoms with Crippen LogP contribution in [0.15, 0.2) is 59.4 Å². The van der Waals surface area contributed by atoms with Gasteiger partial charge in [0, 0.05) is 25.0 Å². The lowest BCUT2D eigenvalue weighted by Crippen LogP contribution is -2.44. The molecule has 4 rings (SSSR count). The molecule has 1 amide bonds. The number of amides is 1. The average Bonchev–Trinajstić information content (AvgIpc) is 2.78. The number of aryl methyl sites for hydroxylation is 1. The number of piperidine rings is 1. The van der Waals surface area contributed by atoms with Crippen LogP contribution in [0, 0.1) is 5.92 Å². The van der Waals surface area contributed by atoms with Crippen LogP contribution >= 0.6 is 0 Å². The standard InChI is InChI=1S/C24H28N4O2/c1-17(11-12-18-7-3-2-4-8-18)25-23(29)19-13-15-28(16-14-19)22-24(30)27-21-10-6-5-9-20(21)26-22/h2-10,17,19H,11-16H2,1H3,(H,25,29)(H,27,30). The molecule has 0 saturated carbocycles. The minimum absolute atomic E-state index is 0.0139. The zero-order valence-corrected chi connectivity index (χ0v) is 17.3. The Bertz CT molecular complexity index is 1060. The number of anilines is 1. The van der Waals surface area contributed by atoms with Gasteiger partial charge in [-0.15, -0.1) is 0 Å². The van der Waals surface area contributed by atoms with Crippen LogP contribution in [-0.2, 0) is 11.2 Å². The summed E-state index contributed by atoms with van der Waals surface area (Å²) in [7, 11) is 0. The van der Waals surface area contributed by atoms with Gasteiger partial charge in [0.05, 0.1) is 11.0 Å². The van der Waals surface area contributed by atoms with Gasteiger partial charge in [-0.25, -0.2) is 4.98 Å². The Labute approximate surface area is 176 Å². The number of aromatic amines is 1. The van der Waals surface area contributed by atoms with E-state index >= 15 is 0 Å². The first-order valence-electron chi connectivity index (χ1n) is 10.7. The van der Waals surface area contributed by atoms with Crippen LogP contribution in [0.4, 0.5) is 5.82 Å². The minimum Gasteiger partial charge on any atom is -0.353 e. The van der Waals surface area contributed by atoms with E-state index in [0.29, 0.717) is 18.9 Å². The van der Waals surface area contributed by atoms with E-state index in [1.165, 1.54) is 5.56 Å².